The van der Waals surface area contributed by atoms with Gasteiger partial charge >= 0.3 is 0 Å². The number of rotatable bonds is 5. The normalized spacial score (nSPS) is 14.3. The van der Waals surface area contributed by atoms with Crippen molar-refractivity contribution >= 4 is 29.0 Å². The maximum absolute atomic E-state index is 12.5. The van der Waals surface area contributed by atoms with Gasteiger partial charge in [-0.3, -0.25) is 14.9 Å². The lowest BCUT2D eigenvalue weighted by molar-refractivity contribution is -0.384. The molecule has 0 radical (unpaired) electrons. The number of nitrogens with zero attached hydrogens (tertiary/aromatic N) is 3. The molecular weight excluding hydrogens is 350 g/mol. The molecule has 6 nitrogen and oxygen atoms in total. The smallest absolute Gasteiger partial charge is 0.269 e. The van der Waals surface area contributed by atoms with Gasteiger partial charge in [-0.15, -0.1) is 11.8 Å². The molecule has 2 aromatic carbocycles. The molecule has 0 atom stereocenters. The first-order chi connectivity index (χ1) is 12.5. The number of anilines is 1. The maximum Gasteiger partial charge on any atom is 0.269 e. The van der Waals surface area contributed by atoms with Crippen LogP contribution in [-0.2, 0) is 4.79 Å². The monoisotopic (exact) mass is 371 g/mol. The standard InChI is InChI=1S/C19H21N3O3S/c1-15-4-2-3-5-18(15)26-14-19(23)21-12-10-20(11-13-21)16-6-8-17(9-7-16)22(24)25/h2-9H,10-14H2,1H3. The summed E-state index contributed by atoms with van der Waals surface area (Å²) in [6, 6.07) is 14.7. The molecule has 1 aliphatic rings. The first kappa shape index (κ1) is 18.3. The second-order valence-electron chi connectivity index (χ2n) is 6.20. The van der Waals surface area contributed by atoms with Crippen LogP contribution in [0.2, 0.25) is 0 Å². The van der Waals surface area contributed by atoms with Gasteiger partial charge in [-0.2, -0.15) is 0 Å². The van der Waals surface area contributed by atoms with E-state index >= 15 is 0 Å². The fraction of sp³-hybridized carbons (Fsp3) is 0.316. The van der Waals surface area contributed by atoms with Crippen molar-refractivity contribution in [2.45, 2.75) is 11.8 Å². The highest BCUT2D eigenvalue weighted by molar-refractivity contribution is 8.00. The maximum atomic E-state index is 12.5. The summed E-state index contributed by atoms with van der Waals surface area (Å²) in [6.07, 6.45) is 0. The number of aryl methyl sites for hydroxylation is 1. The molecule has 1 heterocycles. The summed E-state index contributed by atoms with van der Waals surface area (Å²) in [4.78, 5) is 28.0. The van der Waals surface area contributed by atoms with Crippen LogP contribution in [0.5, 0.6) is 0 Å². The van der Waals surface area contributed by atoms with Crippen LogP contribution in [0, 0.1) is 17.0 Å². The Hall–Kier alpha value is -2.54. The Kier molecular flexibility index (Phi) is 5.78. The number of amides is 1. The van der Waals surface area contributed by atoms with Gasteiger partial charge in [0.1, 0.15) is 0 Å². The number of thioether (sulfide) groups is 1. The Morgan fingerprint density at radius 3 is 2.35 bits per heavy atom. The third-order valence-electron chi connectivity index (χ3n) is 4.50. The minimum absolute atomic E-state index is 0.0933. The van der Waals surface area contributed by atoms with Gasteiger partial charge in [-0.05, 0) is 30.7 Å². The minimum Gasteiger partial charge on any atom is -0.368 e. The molecule has 1 aliphatic heterocycles. The summed E-state index contributed by atoms with van der Waals surface area (Å²) in [6.45, 7) is 4.86. The van der Waals surface area contributed by atoms with Crippen LogP contribution in [-0.4, -0.2) is 47.7 Å². The van der Waals surface area contributed by atoms with Crippen LogP contribution in [0.1, 0.15) is 5.56 Å². The van der Waals surface area contributed by atoms with E-state index in [-0.39, 0.29) is 11.6 Å². The average Bonchev–Trinajstić information content (AvgIpc) is 2.67. The Labute approximate surface area is 156 Å². The predicted octanol–water partition coefficient (Wildman–Crippen LogP) is 3.34. The van der Waals surface area contributed by atoms with Gasteiger partial charge in [0.15, 0.2) is 0 Å². The number of hydrogen-bond acceptors (Lipinski definition) is 5. The lowest BCUT2D eigenvalue weighted by Gasteiger charge is -2.36. The zero-order valence-corrected chi connectivity index (χ0v) is 15.4. The van der Waals surface area contributed by atoms with E-state index in [1.807, 2.05) is 23.1 Å². The number of benzene rings is 2. The second kappa shape index (κ2) is 8.23. The first-order valence-electron chi connectivity index (χ1n) is 8.50. The molecule has 0 bridgehead atoms. The van der Waals surface area contributed by atoms with Crippen LogP contribution in [0.25, 0.3) is 0 Å². The SMILES string of the molecule is Cc1ccccc1SCC(=O)N1CCN(c2ccc([N+](=O)[O-])cc2)CC1. The van der Waals surface area contributed by atoms with Crippen molar-refractivity contribution in [3.05, 3.63) is 64.2 Å². The van der Waals surface area contributed by atoms with Gasteiger partial charge in [-0.1, -0.05) is 18.2 Å². The topological polar surface area (TPSA) is 66.7 Å². The molecule has 1 fully saturated rings. The summed E-state index contributed by atoms with van der Waals surface area (Å²) in [5, 5.41) is 10.7. The number of nitro groups is 1. The molecule has 2 aromatic rings. The van der Waals surface area contributed by atoms with E-state index in [0.29, 0.717) is 18.8 Å². The van der Waals surface area contributed by atoms with Crippen molar-refractivity contribution in [2.24, 2.45) is 0 Å². The summed E-state index contributed by atoms with van der Waals surface area (Å²) < 4.78 is 0. The highest BCUT2D eigenvalue weighted by atomic mass is 32.2. The van der Waals surface area contributed by atoms with E-state index in [2.05, 4.69) is 17.9 Å². The summed E-state index contributed by atoms with van der Waals surface area (Å²) >= 11 is 1.58. The fourth-order valence-corrected chi connectivity index (χ4v) is 3.88. The Morgan fingerprint density at radius 2 is 1.73 bits per heavy atom. The molecule has 136 valence electrons. The molecule has 1 amide bonds. The van der Waals surface area contributed by atoms with E-state index in [0.717, 1.165) is 23.7 Å². The molecule has 3 rings (SSSR count). The van der Waals surface area contributed by atoms with Crippen LogP contribution < -0.4 is 4.90 Å². The Balaban J connectivity index is 1.50. The summed E-state index contributed by atoms with van der Waals surface area (Å²) in [5.41, 5.74) is 2.24. The van der Waals surface area contributed by atoms with Crippen molar-refractivity contribution in [2.75, 3.05) is 36.8 Å². The molecule has 0 saturated carbocycles. The van der Waals surface area contributed by atoms with Crippen LogP contribution in [0.4, 0.5) is 11.4 Å². The van der Waals surface area contributed by atoms with Crippen molar-refractivity contribution in [3.8, 4) is 0 Å². The van der Waals surface area contributed by atoms with Crippen molar-refractivity contribution in [3.63, 3.8) is 0 Å². The van der Waals surface area contributed by atoms with E-state index in [1.165, 1.54) is 17.7 Å². The number of carbonyl (C=O) groups excluding carboxylic acids is 1. The van der Waals surface area contributed by atoms with E-state index in [9.17, 15) is 14.9 Å². The number of carbonyl (C=O) groups is 1. The summed E-state index contributed by atoms with van der Waals surface area (Å²) in [7, 11) is 0. The molecule has 26 heavy (non-hydrogen) atoms. The highest BCUT2D eigenvalue weighted by Gasteiger charge is 2.21. The van der Waals surface area contributed by atoms with Crippen molar-refractivity contribution < 1.29 is 9.72 Å². The van der Waals surface area contributed by atoms with Gasteiger partial charge in [0.25, 0.3) is 5.69 Å². The third kappa shape index (κ3) is 4.35. The lowest BCUT2D eigenvalue weighted by Crippen LogP contribution is -2.49. The molecular formula is C19H21N3O3S. The lowest BCUT2D eigenvalue weighted by atomic mass is 10.2. The van der Waals surface area contributed by atoms with Crippen LogP contribution >= 0.6 is 11.8 Å². The Morgan fingerprint density at radius 1 is 1.08 bits per heavy atom. The average molecular weight is 371 g/mol. The molecule has 1 saturated heterocycles. The predicted molar refractivity (Wildman–Crippen MR) is 104 cm³/mol. The first-order valence-corrected chi connectivity index (χ1v) is 9.49. The minimum atomic E-state index is -0.396. The number of nitro benzene ring substituents is 1. The van der Waals surface area contributed by atoms with E-state index < -0.39 is 4.92 Å². The van der Waals surface area contributed by atoms with Gasteiger partial charge in [0.2, 0.25) is 5.91 Å². The largest absolute Gasteiger partial charge is 0.368 e. The fourth-order valence-electron chi connectivity index (χ4n) is 2.95. The zero-order valence-electron chi connectivity index (χ0n) is 14.6. The molecule has 0 spiro atoms. The quantitative estimate of drug-likeness (QED) is 0.458. The number of non-ortho nitro benzene ring substituents is 1. The molecule has 0 aromatic heterocycles. The van der Waals surface area contributed by atoms with E-state index in [4.69, 9.17) is 0 Å². The van der Waals surface area contributed by atoms with Gasteiger partial charge in [0.05, 0.1) is 10.7 Å². The molecule has 7 heteroatoms. The van der Waals surface area contributed by atoms with Crippen molar-refractivity contribution in [1.82, 2.24) is 4.90 Å². The zero-order chi connectivity index (χ0) is 18.5. The molecule has 0 unspecified atom stereocenters. The van der Waals surface area contributed by atoms with Gasteiger partial charge in [0, 0.05) is 48.9 Å². The molecule has 0 N–H and O–H groups in total. The third-order valence-corrected chi connectivity index (χ3v) is 5.66. The van der Waals surface area contributed by atoms with Gasteiger partial charge < -0.3 is 9.80 Å². The highest BCUT2D eigenvalue weighted by Crippen LogP contribution is 2.23. The van der Waals surface area contributed by atoms with E-state index in [1.54, 1.807) is 23.9 Å². The number of piperazine rings is 1. The number of hydrogen-bond donors (Lipinski definition) is 0. The summed E-state index contributed by atoms with van der Waals surface area (Å²) in [5.74, 6) is 0.601. The van der Waals surface area contributed by atoms with Gasteiger partial charge in [-0.25, -0.2) is 0 Å². The second-order valence-corrected chi connectivity index (χ2v) is 7.21. The van der Waals surface area contributed by atoms with Crippen molar-refractivity contribution in [1.29, 1.82) is 0 Å². The van der Waals surface area contributed by atoms with Crippen LogP contribution in [0.15, 0.2) is 53.4 Å². The molecule has 0 aliphatic carbocycles. The van der Waals surface area contributed by atoms with Crippen LogP contribution in [0.3, 0.4) is 0 Å². The Bertz CT molecular complexity index is 787.